The van der Waals surface area contributed by atoms with E-state index in [9.17, 15) is 0 Å². The predicted molar refractivity (Wildman–Crippen MR) is 492 cm³/mol. The normalized spacial score (nSPS) is 14.6. The summed E-state index contributed by atoms with van der Waals surface area (Å²) >= 11 is 0. The minimum absolute atomic E-state index is 0.372. The van der Waals surface area contributed by atoms with E-state index < -0.39 is 16.2 Å². The largest absolute Gasteiger partial charge is 0.310 e. The molecule has 26 rings (SSSR count). The molecule has 19 aromatic rings. The highest BCUT2D eigenvalue weighted by molar-refractivity contribution is 6.26. The highest BCUT2D eigenvalue weighted by Gasteiger charge is 2.56. The van der Waals surface area contributed by atoms with Gasteiger partial charge in [0.05, 0.1) is 33.3 Å². The predicted octanol–water partition coefficient (Wildman–Crippen LogP) is 29.7. The van der Waals surface area contributed by atoms with E-state index in [0.717, 1.165) is 72.7 Å². The molecule has 0 aliphatic heterocycles. The monoisotopic (exact) mass is 1510 g/mol. The molecule has 3 nitrogen and oxygen atoms in total. The second kappa shape index (κ2) is 24.3. The zero-order chi connectivity index (χ0) is 78.2. The lowest BCUT2D eigenvalue weighted by atomic mass is 9.70. The maximum atomic E-state index is 2.69. The van der Waals surface area contributed by atoms with Crippen LogP contribution in [0.1, 0.15) is 91.7 Å². The smallest absolute Gasteiger partial charge is 0.0726 e. The van der Waals surface area contributed by atoms with E-state index in [1.54, 1.807) is 0 Å². The summed E-state index contributed by atoms with van der Waals surface area (Å²) in [5, 5.41) is 4.46. The summed E-state index contributed by atoms with van der Waals surface area (Å²) < 4.78 is 0. The zero-order valence-corrected chi connectivity index (χ0v) is 65.7. The van der Waals surface area contributed by atoms with Crippen molar-refractivity contribution in [1.82, 2.24) is 0 Å². The van der Waals surface area contributed by atoms with Gasteiger partial charge in [-0.15, -0.1) is 0 Å². The maximum absolute atomic E-state index is 2.69. The van der Waals surface area contributed by atoms with Crippen LogP contribution >= 0.6 is 0 Å². The van der Waals surface area contributed by atoms with Crippen LogP contribution < -0.4 is 14.7 Å². The Hall–Kier alpha value is -14.9. The average molecular weight is 1510 g/mol. The van der Waals surface area contributed by atoms with E-state index in [2.05, 4.69) is 447 Å². The Labute approximate surface area is 692 Å². The molecule has 19 aromatic carbocycles. The number of anilines is 9. The molecule has 3 spiro atoms. The molecule has 0 fully saturated rings. The molecule has 0 atom stereocenters. The molecule has 0 unspecified atom stereocenters. The molecule has 0 N–H and O–H groups in total. The van der Waals surface area contributed by atoms with Crippen LogP contribution in [0.5, 0.6) is 0 Å². The fraction of sp³-hybridized carbons (Fsp3) is 0.0517. The number of benzene rings is 19. The molecule has 3 heteroatoms. The maximum Gasteiger partial charge on any atom is 0.0726 e. The van der Waals surface area contributed by atoms with Crippen molar-refractivity contribution in [2.24, 2.45) is 0 Å². The molecule has 0 bridgehead atoms. The molecular formula is C116H75N3. The third kappa shape index (κ3) is 8.50. The van der Waals surface area contributed by atoms with E-state index in [0.29, 0.717) is 0 Å². The van der Waals surface area contributed by atoms with Crippen LogP contribution in [0, 0.1) is 0 Å². The van der Waals surface area contributed by atoms with Gasteiger partial charge in [0.2, 0.25) is 0 Å². The molecule has 554 valence electrons. The number of rotatable bonds is 9. The van der Waals surface area contributed by atoms with Crippen LogP contribution in [0.25, 0.3) is 99.4 Å². The minimum Gasteiger partial charge on any atom is -0.310 e. The van der Waals surface area contributed by atoms with Crippen LogP contribution in [-0.2, 0) is 21.7 Å². The summed E-state index contributed by atoms with van der Waals surface area (Å²) in [5.74, 6) is 0. The summed E-state index contributed by atoms with van der Waals surface area (Å²) in [6.45, 7) is 4.89. The van der Waals surface area contributed by atoms with Crippen molar-refractivity contribution >= 4 is 72.7 Å². The standard InChI is InChI=1S/C116H75N3/c1-113(2)95-49-22-12-47-86(95)91-70-93-94(71-106(91)113)111(118(73-35-8-4-9-36-73)77-62-65-88-85-46-20-30-57-103(85)116(108(88)69-77)100-54-27-17-43-82(100)83-44-18-28-55-101(83)116)89-66-63-75(117(72-33-6-3-7-34-72)76-61-64-87-84-45-19-29-56-102(84)115(107(87)68-76)98-52-25-15-41-80(98)81-42-16-26-53-99(81)115)67-92(89)112(93)119(74-37-10-5-11-38-74)109-60-32-59-105-110(109)90-48-21-31-58-104(90)114(105)96-50-23-13-39-78(96)79-40-14-24-51-97(79)114/h3-71H,1-2H3. The van der Waals surface area contributed by atoms with Crippen LogP contribution in [-0.4, -0.2) is 0 Å². The lowest BCUT2D eigenvalue weighted by molar-refractivity contribution is 0.661. The Morgan fingerprint density at radius 3 is 0.874 bits per heavy atom. The number of nitrogens with zero attached hydrogens (tertiary/aromatic N) is 3. The molecular weight excluding hydrogens is 1440 g/mol. The van der Waals surface area contributed by atoms with Crippen molar-refractivity contribution in [3.8, 4) is 77.9 Å². The molecule has 0 aromatic heterocycles. The van der Waals surface area contributed by atoms with Gasteiger partial charge in [0.25, 0.3) is 0 Å². The van der Waals surface area contributed by atoms with Gasteiger partial charge in [0.1, 0.15) is 0 Å². The number of fused-ring (bicyclic) bond motifs is 35. The highest BCUT2D eigenvalue weighted by atomic mass is 15.2. The van der Waals surface area contributed by atoms with E-state index in [1.807, 2.05) is 0 Å². The topological polar surface area (TPSA) is 9.72 Å². The van der Waals surface area contributed by atoms with Gasteiger partial charge in [-0.25, -0.2) is 0 Å². The van der Waals surface area contributed by atoms with Gasteiger partial charge in [0.15, 0.2) is 0 Å². The average Bonchev–Trinajstić information content (AvgIpc) is 1.52. The quantitative estimate of drug-likeness (QED) is 0.105. The molecule has 7 aliphatic rings. The SMILES string of the molecule is CC1(C)c2ccccc2-c2cc3c(N(c4ccccc4)c4cccc5c4-c4ccccc4C54c5ccccc5-c5ccccc54)c4cc(N(c5ccccc5)c5ccc6c(c5)C5(c7ccccc7-c7ccccc75)c5ccccc5-6)ccc4c(N(c4ccccc4)c4ccc5c(c4)C4(c6ccccc6-c6ccccc64)c4ccccc4-5)c3cc21. The van der Waals surface area contributed by atoms with Crippen LogP contribution in [0.2, 0.25) is 0 Å². The highest BCUT2D eigenvalue weighted by Crippen LogP contribution is 2.69. The summed E-state index contributed by atoms with van der Waals surface area (Å²) in [6, 6.07) is 161. The first-order valence-electron chi connectivity index (χ1n) is 41.9. The molecule has 119 heavy (non-hydrogen) atoms. The van der Waals surface area contributed by atoms with Crippen molar-refractivity contribution in [2.45, 2.75) is 35.5 Å². The zero-order valence-electron chi connectivity index (χ0n) is 65.7. The second-order valence-corrected chi connectivity index (χ2v) is 33.9. The Bertz CT molecular complexity index is 7440. The second-order valence-electron chi connectivity index (χ2n) is 33.9. The molecule has 0 amide bonds. The Kier molecular flexibility index (Phi) is 13.6. The number of hydrogen-bond acceptors (Lipinski definition) is 3. The fourth-order valence-corrected chi connectivity index (χ4v) is 23.7. The Morgan fingerprint density at radius 2 is 0.445 bits per heavy atom. The molecule has 0 saturated carbocycles. The minimum atomic E-state index is -0.613. The van der Waals surface area contributed by atoms with Gasteiger partial charge in [0, 0.05) is 66.6 Å². The van der Waals surface area contributed by atoms with Crippen LogP contribution in [0.15, 0.2) is 419 Å². The summed E-state index contributed by atoms with van der Waals surface area (Å²) in [7, 11) is 0. The van der Waals surface area contributed by atoms with Crippen molar-refractivity contribution in [3.05, 3.63) is 496 Å². The van der Waals surface area contributed by atoms with Gasteiger partial charge in [-0.05, 0) is 241 Å². The van der Waals surface area contributed by atoms with Gasteiger partial charge in [-0.3, -0.25) is 0 Å². The first-order valence-corrected chi connectivity index (χ1v) is 41.9. The van der Waals surface area contributed by atoms with E-state index in [4.69, 9.17) is 0 Å². The Balaban J connectivity index is 0.812. The van der Waals surface area contributed by atoms with Gasteiger partial charge < -0.3 is 14.7 Å². The first-order chi connectivity index (χ1) is 58.8. The van der Waals surface area contributed by atoms with Crippen molar-refractivity contribution in [2.75, 3.05) is 14.7 Å². The van der Waals surface area contributed by atoms with Crippen LogP contribution in [0.4, 0.5) is 51.2 Å². The number of hydrogen-bond donors (Lipinski definition) is 0. The van der Waals surface area contributed by atoms with Crippen molar-refractivity contribution in [1.29, 1.82) is 0 Å². The third-order valence-corrected chi connectivity index (χ3v) is 28.2. The van der Waals surface area contributed by atoms with Crippen LogP contribution in [0.3, 0.4) is 0 Å². The van der Waals surface area contributed by atoms with Gasteiger partial charge in [-0.2, -0.15) is 0 Å². The Morgan fingerprint density at radius 1 is 0.160 bits per heavy atom. The lowest BCUT2D eigenvalue weighted by Crippen LogP contribution is -2.26. The van der Waals surface area contributed by atoms with E-state index >= 15 is 0 Å². The van der Waals surface area contributed by atoms with Gasteiger partial charge >= 0.3 is 0 Å². The van der Waals surface area contributed by atoms with E-state index in [-0.39, 0.29) is 5.41 Å². The molecule has 0 saturated heterocycles. The van der Waals surface area contributed by atoms with Crippen molar-refractivity contribution < 1.29 is 0 Å². The lowest BCUT2D eigenvalue weighted by Gasteiger charge is -2.36. The van der Waals surface area contributed by atoms with Crippen molar-refractivity contribution in [3.63, 3.8) is 0 Å². The van der Waals surface area contributed by atoms with E-state index in [1.165, 1.54) is 156 Å². The third-order valence-electron chi connectivity index (χ3n) is 28.2. The fourth-order valence-electron chi connectivity index (χ4n) is 23.7. The molecule has 0 heterocycles. The number of para-hydroxylation sites is 3. The van der Waals surface area contributed by atoms with Gasteiger partial charge in [-0.1, -0.05) is 341 Å². The summed E-state index contributed by atoms with van der Waals surface area (Å²) in [4.78, 5) is 7.88. The summed E-state index contributed by atoms with van der Waals surface area (Å²) in [6.07, 6.45) is 0. The molecule has 7 aliphatic carbocycles. The first kappa shape index (κ1) is 66.4. The molecule has 0 radical (unpaired) electrons. The summed E-state index contributed by atoms with van der Waals surface area (Å²) in [5.41, 5.74) is 43.4.